The van der Waals surface area contributed by atoms with Crippen LogP contribution in [0, 0.1) is 3.57 Å². The highest BCUT2D eigenvalue weighted by Crippen LogP contribution is 2.42. The van der Waals surface area contributed by atoms with Gasteiger partial charge in [-0.05, 0) is 36.4 Å². The third kappa shape index (κ3) is 2.57. The van der Waals surface area contributed by atoms with Crippen molar-refractivity contribution in [3.8, 4) is 0 Å². The molecule has 8 nitrogen and oxygen atoms in total. The van der Waals surface area contributed by atoms with E-state index in [-0.39, 0.29) is 6.61 Å². The van der Waals surface area contributed by atoms with Gasteiger partial charge in [-0.1, -0.05) is 0 Å². The van der Waals surface area contributed by atoms with Crippen molar-refractivity contribution >= 4 is 22.6 Å². The van der Waals surface area contributed by atoms with Crippen molar-refractivity contribution in [1.29, 1.82) is 0 Å². The van der Waals surface area contributed by atoms with Crippen LogP contribution in [0.15, 0.2) is 15.8 Å². The van der Waals surface area contributed by atoms with Gasteiger partial charge in [0.25, 0.3) is 5.56 Å². The lowest BCUT2D eigenvalue weighted by Gasteiger charge is -2.24. The largest absolute Gasteiger partial charge is 0.394 e. The maximum Gasteiger partial charge on any atom is 0.330 e. The Morgan fingerprint density at radius 1 is 1.38 bits per heavy atom. The van der Waals surface area contributed by atoms with Crippen molar-refractivity contribution in [2.45, 2.75) is 44.2 Å². The fourth-order valence-electron chi connectivity index (χ4n) is 2.68. The number of aliphatic hydroxyl groups excluding tert-OH is 1. The van der Waals surface area contributed by atoms with Gasteiger partial charge in [-0.3, -0.25) is 14.3 Å². The van der Waals surface area contributed by atoms with E-state index in [4.69, 9.17) is 14.2 Å². The molecule has 2 N–H and O–H groups in total. The second-order valence-electron chi connectivity index (χ2n) is 5.46. The molecule has 9 heteroatoms. The van der Waals surface area contributed by atoms with Gasteiger partial charge < -0.3 is 19.3 Å². The Morgan fingerprint density at radius 3 is 2.71 bits per heavy atom. The smallest absolute Gasteiger partial charge is 0.330 e. The number of nitrogens with zero attached hydrogens (tertiary/aromatic N) is 1. The molecular formula is C12H15IN2O6. The number of ether oxygens (including phenoxy) is 3. The van der Waals surface area contributed by atoms with Crippen molar-refractivity contribution in [2.24, 2.45) is 0 Å². The molecule has 1 aromatic heterocycles. The first kappa shape index (κ1) is 15.2. The molecule has 4 atom stereocenters. The van der Waals surface area contributed by atoms with E-state index in [0.717, 1.165) is 0 Å². The first-order valence-corrected chi connectivity index (χ1v) is 7.53. The third-order valence-electron chi connectivity index (χ3n) is 3.50. The molecule has 3 rings (SSSR count). The minimum atomic E-state index is -0.816. The van der Waals surface area contributed by atoms with Gasteiger partial charge in [0.2, 0.25) is 0 Å². The van der Waals surface area contributed by atoms with E-state index < -0.39 is 41.6 Å². The summed E-state index contributed by atoms with van der Waals surface area (Å²) >= 11 is 1.83. The van der Waals surface area contributed by atoms with Crippen LogP contribution in [0.1, 0.15) is 20.1 Å². The Balaban J connectivity index is 2.01. The van der Waals surface area contributed by atoms with Gasteiger partial charge in [-0.2, -0.15) is 0 Å². The topological polar surface area (TPSA) is 103 Å². The summed E-state index contributed by atoms with van der Waals surface area (Å²) in [5.74, 6) is -0.816. The number of rotatable bonds is 2. The van der Waals surface area contributed by atoms with Gasteiger partial charge in [0.15, 0.2) is 12.0 Å². The number of aromatic amines is 1. The molecule has 0 spiro atoms. The molecule has 0 saturated carbocycles. The summed E-state index contributed by atoms with van der Waals surface area (Å²) in [4.78, 5) is 25.7. The lowest BCUT2D eigenvalue weighted by atomic mass is 10.1. The Hall–Kier alpha value is -0.750. The van der Waals surface area contributed by atoms with Gasteiger partial charge >= 0.3 is 5.69 Å². The number of H-pyrrole nitrogens is 1. The second kappa shape index (κ2) is 5.16. The molecule has 0 radical (unpaired) electrons. The van der Waals surface area contributed by atoms with E-state index in [1.807, 2.05) is 22.6 Å². The fourth-order valence-corrected chi connectivity index (χ4v) is 3.11. The fraction of sp³-hybridized carbons (Fsp3) is 0.667. The zero-order valence-electron chi connectivity index (χ0n) is 11.4. The summed E-state index contributed by atoms with van der Waals surface area (Å²) in [6.45, 7) is 3.28. The maximum atomic E-state index is 12.0. The lowest BCUT2D eigenvalue weighted by molar-refractivity contribution is -0.200. The third-order valence-corrected chi connectivity index (χ3v) is 4.27. The quantitative estimate of drug-likeness (QED) is 0.641. The Bertz CT molecular complexity index is 668. The first-order valence-electron chi connectivity index (χ1n) is 6.45. The minimum Gasteiger partial charge on any atom is -0.394 e. The highest BCUT2D eigenvalue weighted by Gasteiger charge is 2.55. The Labute approximate surface area is 133 Å². The van der Waals surface area contributed by atoms with E-state index in [0.29, 0.717) is 3.57 Å². The van der Waals surface area contributed by atoms with Gasteiger partial charge in [0, 0.05) is 6.20 Å². The zero-order chi connectivity index (χ0) is 15.4. The van der Waals surface area contributed by atoms with Crippen LogP contribution in [0.3, 0.4) is 0 Å². The number of halogens is 1. The van der Waals surface area contributed by atoms with Crippen LogP contribution in [-0.4, -0.2) is 45.4 Å². The van der Waals surface area contributed by atoms with E-state index in [1.165, 1.54) is 10.8 Å². The second-order valence-corrected chi connectivity index (χ2v) is 6.62. The highest BCUT2D eigenvalue weighted by atomic mass is 127. The first-order chi connectivity index (χ1) is 9.82. The molecule has 2 fully saturated rings. The van der Waals surface area contributed by atoms with Crippen LogP contribution in [0.5, 0.6) is 0 Å². The number of fused-ring (bicyclic) bond motifs is 1. The predicted molar refractivity (Wildman–Crippen MR) is 78.9 cm³/mol. The maximum absolute atomic E-state index is 12.0. The number of aliphatic hydroxyl groups is 1. The normalized spacial score (nSPS) is 34.1. The number of nitrogens with one attached hydrogen (secondary N) is 1. The number of aromatic nitrogens is 2. The molecule has 1 aromatic rings. The average molecular weight is 410 g/mol. The summed E-state index contributed by atoms with van der Waals surface area (Å²) in [6, 6.07) is 0. The van der Waals surface area contributed by atoms with Crippen molar-refractivity contribution in [1.82, 2.24) is 9.55 Å². The van der Waals surface area contributed by atoms with Gasteiger partial charge in [-0.25, -0.2) is 4.79 Å². The summed E-state index contributed by atoms with van der Waals surface area (Å²) < 4.78 is 18.8. The molecule has 0 aliphatic carbocycles. The zero-order valence-corrected chi connectivity index (χ0v) is 13.6. The van der Waals surface area contributed by atoms with Gasteiger partial charge in [-0.15, -0.1) is 0 Å². The van der Waals surface area contributed by atoms with E-state index >= 15 is 0 Å². The predicted octanol–water partition coefficient (Wildman–Crippen LogP) is -0.449. The summed E-state index contributed by atoms with van der Waals surface area (Å²) in [7, 11) is 0. The molecule has 3 heterocycles. The molecule has 0 amide bonds. The van der Waals surface area contributed by atoms with Crippen LogP contribution < -0.4 is 11.2 Å². The van der Waals surface area contributed by atoms with Crippen molar-refractivity contribution in [2.75, 3.05) is 6.61 Å². The standard InChI is InChI=1S/C12H15IN2O6/c1-12(2)20-7-6(4-16)19-10(8(7)21-12)15-3-5(13)9(17)14-11(15)18/h3,6-8,10,16H,4H2,1-2H3,(H,14,17,18)/t6-,7?,8?,10-/m1/s1. The molecule has 2 aliphatic heterocycles. The highest BCUT2D eigenvalue weighted by molar-refractivity contribution is 14.1. The number of hydrogen-bond acceptors (Lipinski definition) is 6. The van der Waals surface area contributed by atoms with Crippen LogP contribution in [0.4, 0.5) is 0 Å². The van der Waals surface area contributed by atoms with Crippen LogP contribution in [0.2, 0.25) is 0 Å². The monoisotopic (exact) mass is 410 g/mol. The van der Waals surface area contributed by atoms with Crippen molar-refractivity contribution in [3.63, 3.8) is 0 Å². The average Bonchev–Trinajstić information content (AvgIpc) is 2.87. The van der Waals surface area contributed by atoms with Gasteiger partial charge in [0.1, 0.15) is 18.3 Å². The molecule has 0 aromatic carbocycles. The number of hydrogen-bond donors (Lipinski definition) is 2. The van der Waals surface area contributed by atoms with Crippen LogP contribution in [0.25, 0.3) is 0 Å². The SMILES string of the molecule is CC1(C)OC2C(O1)[C@@H](CO)O[C@H]2n1cc(I)c(=O)[nH]c1=O. The molecule has 2 aliphatic rings. The van der Waals surface area contributed by atoms with Crippen molar-refractivity contribution in [3.05, 3.63) is 30.6 Å². The van der Waals surface area contributed by atoms with E-state index in [2.05, 4.69) is 4.98 Å². The minimum absolute atomic E-state index is 0.244. The molecule has 0 bridgehead atoms. The molecule has 2 unspecified atom stereocenters. The molecular weight excluding hydrogens is 395 g/mol. The Morgan fingerprint density at radius 2 is 2.05 bits per heavy atom. The molecule has 116 valence electrons. The summed E-state index contributed by atoms with van der Waals surface area (Å²) in [5.41, 5.74) is -1.04. The Kier molecular flexibility index (Phi) is 3.72. The van der Waals surface area contributed by atoms with E-state index in [1.54, 1.807) is 13.8 Å². The molecule has 2 saturated heterocycles. The van der Waals surface area contributed by atoms with Crippen LogP contribution in [-0.2, 0) is 14.2 Å². The van der Waals surface area contributed by atoms with Crippen LogP contribution >= 0.6 is 22.6 Å². The summed E-state index contributed by atoms with van der Waals surface area (Å²) in [6.07, 6.45) is -0.925. The summed E-state index contributed by atoms with van der Waals surface area (Å²) in [5, 5.41) is 9.41. The van der Waals surface area contributed by atoms with Crippen molar-refractivity contribution < 1.29 is 19.3 Å². The van der Waals surface area contributed by atoms with Gasteiger partial charge in [0.05, 0.1) is 10.2 Å². The molecule has 21 heavy (non-hydrogen) atoms. The van der Waals surface area contributed by atoms with E-state index in [9.17, 15) is 14.7 Å². The lowest BCUT2D eigenvalue weighted by Crippen LogP contribution is -2.38.